The third-order valence-electron chi connectivity index (χ3n) is 3.21. The SMILES string of the molecule is CCCOc1cncc(C2=CC(=O)CC(C)(C)C2)c1. The molecule has 0 bridgehead atoms. The van der Waals surface area contributed by atoms with Gasteiger partial charge < -0.3 is 4.74 Å². The minimum absolute atomic E-state index is 0.0292. The molecule has 3 nitrogen and oxygen atoms in total. The van der Waals surface area contributed by atoms with Gasteiger partial charge in [0.25, 0.3) is 0 Å². The lowest BCUT2D eigenvalue weighted by molar-refractivity contribution is -0.116. The van der Waals surface area contributed by atoms with Gasteiger partial charge in [-0.15, -0.1) is 0 Å². The van der Waals surface area contributed by atoms with Crippen LogP contribution in [0.15, 0.2) is 24.5 Å². The number of rotatable bonds is 4. The van der Waals surface area contributed by atoms with E-state index in [9.17, 15) is 4.79 Å². The Labute approximate surface area is 114 Å². The number of ketones is 1. The largest absolute Gasteiger partial charge is 0.492 e. The Bertz CT molecular complexity index is 503. The van der Waals surface area contributed by atoms with Gasteiger partial charge in [-0.1, -0.05) is 20.8 Å². The third kappa shape index (κ3) is 3.66. The molecule has 1 aromatic heterocycles. The number of hydrogen-bond acceptors (Lipinski definition) is 3. The van der Waals surface area contributed by atoms with Gasteiger partial charge in [-0.05, 0) is 41.5 Å². The molecule has 0 spiro atoms. The van der Waals surface area contributed by atoms with E-state index in [1.54, 1.807) is 18.5 Å². The van der Waals surface area contributed by atoms with Crippen LogP contribution < -0.4 is 4.74 Å². The zero-order chi connectivity index (χ0) is 13.9. The minimum atomic E-state index is 0.0292. The van der Waals surface area contributed by atoms with Crippen molar-refractivity contribution >= 4 is 11.4 Å². The molecule has 0 amide bonds. The molecule has 0 N–H and O–H groups in total. The maximum absolute atomic E-state index is 11.8. The van der Waals surface area contributed by atoms with E-state index in [0.29, 0.717) is 13.0 Å². The van der Waals surface area contributed by atoms with Crippen molar-refractivity contribution in [3.63, 3.8) is 0 Å². The number of pyridine rings is 1. The first-order valence-electron chi connectivity index (χ1n) is 6.82. The van der Waals surface area contributed by atoms with Crippen LogP contribution >= 0.6 is 0 Å². The fourth-order valence-electron chi connectivity index (χ4n) is 2.42. The van der Waals surface area contributed by atoms with Crippen molar-refractivity contribution < 1.29 is 9.53 Å². The lowest BCUT2D eigenvalue weighted by Crippen LogP contribution is -2.21. The van der Waals surface area contributed by atoms with E-state index >= 15 is 0 Å². The molecule has 2 rings (SSSR count). The van der Waals surface area contributed by atoms with Crippen molar-refractivity contribution in [3.05, 3.63) is 30.1 Å². The highest BCUT2D eigenvalue weighted by atomic mass is 16.5. The molecule has 0 aliphatic heterocycles. The zero-order valence-electron chi connectivity index (χ0n) is 11.9. The van der Waals surface area contributed by atoms with E-state index < -0.39 is 0 Å². The van der Waals surface area contributed by atoms with Crippen LogP contribution in [0.1, 0.15) is 45.6 Å². The highest BCUT2D eigenvalue weighted by molar-refractivity contribution is 5.99. The molecule has 102 valence electrons. The van der Waals surface area contributed by atoms with E-state index in [2.05, 4.69) is 25.8 Å². The van der Waals surface area contributed by atoms with E-state index in [1.807, 2.05) is 6.07 Å². The molecule has 0 fully saturated rings. The van der Waals surface area contributed by atoms with E-state index in [-0.39, 0.29) is 11.2 Å². The Morgan fingerprint density at radius 1 is 1.32 bits per heavy atom. The van der Waals surface area contributed by atoms with Crippen LogP contribution in [-0.2, 0) is 4.79 Å². The molecule has 0 saturated heterocycles. The van der Waals surface area contributed by atoms with Gasteiger partial charge in [0.05, 0.1) is 12.8 Å². The number of carbonyl (C=O) groups is 1. The number of carbonyl (C=O) groups excluding carboxylic acids is 1. The molecule has 0 radical (unpaired) electrons. The normalized spacial score (nSPS) is 18.1. The number of ether oxygens (including phenoxy) is 1. The van der Waals surface area contributed by atoms with Gasteiger partial charge in [0.2, 0.25) is 0 Å². The standard InChI is InChI=1S/C16H21NO2/c1-4-5-19-15-7-13(10-17-11-15)12-6-14(18)9-16(2,3)8-12/h6-7,10-11H,4-5,8-9H2,1-3H3. The van der Waals surface area contributed by atoms with Crippen LogP contribution in [0.2, 0.25) is 0 Å². The summed E-state index contributed by atoms with van der Waals surface area (Å²) in [5, 5.41) is 0. The number of hydrogen-bond donors (Lipinski definition) is 0. The second kappa shape index (κ2) is 5.55. The molecule has 0 aromatic carbocycles. The van der Waals surface area contributed by atoms with Crippen molar-refractivity contribution in [2.45, 2.75) is 40.0 Å². The molecule has 0 atom stereocenters. The number of nitrogens with zero attached hydrogens (tertiary/aromatic N) is 1. The van der Waals surface area contributed by atoms with Gasteiger partial charge in [0.15, 0.2) is 5.78 Å². The van der Waals surface area contributed by atoms with Crippen LogP contribution in [-0.4, -0.2) is 17.4 Å². The Hall–Kier alpha value is -1.64. The summed E-state index contributed by atoms with van der Waals surface area (Å²) in [5.41, 5.74) is 2.09. The van der Waals surface area contributed by atoms with Crippen molar-refractivity contribution in [1.29, 1.82) is 0 Å². The van der Waals surface area contributed by atoms with Gasteiger partial charge in [-0.25, -0.2) is 0 Å². The van der Waals surface area contributed by atoms with Crippen molar-refractivity contribution in [1.82, 2.24) is 4.98 Å². The Morgan fingerprint density at radius 3 is 2.79 bits per heavy atom. The number of aromatic nitrogens is 1. The quantitative estimate of drug-likeness (QED) is 0.828. The molecular formula is C16H21NO2. The summed E-state index contributed by atoms with van der Waals surface area (Å²) in [7, 11) is 0. The lowest BCUT2D eigenvalue weighted by atomic mass is 9.75. The molecule has 1 aliphatic rings. The first-order valence-corrected chi connectivity index (χ1v) is 6.82. The summed E-state index contributed by atoms with van der Waals surface area (Å²) in [5.74, 6) is 0.974. The third-order valence-corrected chi connectivity index (χ3v) is 3.21. The molecule has 0 unspecified atom stereocenters. The van der Waals surface area contributed by atoms with Gasteiger partial charge >= 0.3 is 0 Å². The van der Waals surface area contributed by atoms with Crippen LogP contribution in [0.25, 0.3) is 5.57 Å². The molecule has 3 heteroatoms. The first kappa shape index (κ1) is 13.8. The number of allylic oxidation sites excluding steroid dienone is 2. The predicted molar refractivity (Wildman–Crippen MR) is 76.0 cm³/mol. The van der Waals surface area contributed by atoms with Crippen molar-refractivity contribution in [2.75, 3.05) is 6.61 Å². The fourth-order valence-corrected chi connectivity index (χ4v) is 2.42. The highest BCUT2D eigenvalue weighted by Crippen LogP contribution is 2.38. The average molecular weight is 259 g/mol. The second-order valence-electron chi connectivity index (χ2n) is 5.91. The molecular weight excluding hydrogens is 238 g/mol. The van der Waals surface area contributed by atoms with Crippen molar-refractivity contribution in [3.8, 4) is 5.75 Å². The summed E-state index contributed by atoms with van der Waals surface area (Å²) < 4.78 is 5.59. The lowest BCUT2D eigenvalue weighted by Gasteiger charge is -2.28. The first-order chi connectivity index (χ1) is 9.00. The maximum atomic E-state index is 11.8. The average Bonchev–Trinajstić information content (AvgIpc) is 2.34. The van der Waals surface area contributed by atoms with Crippen LogP contribution in [0.4, 0.5) is 0 Å². The summed E-state index contributed by atoms with van der Waals surface area (Å²) in [6.07, 6.45) is 7.77. The Balaban J connectivity index is 2.24. The van der Waals surface area contributed by atoms with Gasteiger partial charge in [-0.2, -0.15) is 0 Å². The Morgan fingerprint density at radius 2 is 2.11 bits per heavy atom. The van der Waals surface area contributed by atoms with Gasteiger partial charge in [0.1, 0.15) is 5.75 Å². The molecule has 1 heterocycles. The van der Waals surface area contributed by atoms with E-state index in [1.165, 1.54) is 0 Å². The summed E-state index contributed by atoms with van der Waals surface area (Å²) >= 11 is 0. The summed E-state index contributed by atoms with van der Waals surface area (Å²) in [6, 6.07) is 1.98. The van der Waals surface area contributed by atoms with Crippen LogP contribution in [0, 0.1) is 5.41 Å². The maximum Gasteiger partial charge on any atom is 0.156 e. The van der Waals surface area contributed by atoms with E-state index in [0.717, 1.165) is 29.7 Å². The second-order valence-corrected chi connectivity index (χ2v) is 5.91. The molecule has 1 aromatic rings. The highest BCUT2D eigenvalue weighted by Gasteiger charge is 2.28. The summed E-state index contributed by atoms with van der Waals surface area (Å²) in [4.78, 5) is 16.0. The van der Waals surface area contributed by atoms with Crippen LogP contribution in [0.3, 0.4) is 0 Å². The fraction of sp³-hybridized carbons (Fsp3) is 0.500. The minimum Gasteiger partial charge on any atom is -0.492 e. The predicted octanol–water partition coefficient (Wildman–Crippen LogP) is 3.64. The molecule has 0 saturated carbocycles. The zero-order valence-corrected chi connectivity index (χ0v) is 11.9. The van der Waals surface area contributed by atoms with Gasteiger partial charge in [0, 0.05) is 12.6 Å². The van der Waals surface area contributed by atoms with E-state index in [4.69, 9.17) is 4.74 Å². The monoisotopic (exact) mass is 259 g/mol. The summed E-state index contributed by atoms with van der Waals surface area (Å²) in [6.45, 7) is 7.02. The van der Waals surface area contributed by atoms with Gasteiger partial charge in [-0.3, -0.25) is 9.78 Å². The Kier molecular flexibility index (Phi) is 4.03. The van der Waals surface area contributed by atoms with Crippen molar-refractivity contribution in [2.24, 2.45) is 5.41 Å². The molecule has 19 heavy (non-hydrogen) atoms. The van der Waals surface area contributed by atoms with Crippen LogP contribution in [0.5, 0.6) is 5.75 Å². The molecule has 1 aliphatic carbocycles. The smallest absolute Gasteiger partial charge is 0.156 e. The topological polar surface area (TPSA) is 39.2 Å².